The molecule has 1 aromatic heterocycles. The molecule has 1 amide bonds. The monoisotopic (exact) mass is 470 g/mol. The first-order chi connectivity index (χ1) is 14.1. The molecular weight excluding hydrogens is 454 g/mol. The summed E-state index contributed by atoms with van der Waals surface area (Å²) in [5.41, 5.74) is -3.81. The maximum atomic E-state index is 12.9. The number of furan rings is 1. The van der Waals surface area contributed by atoms with Gasteiger partial charge in [0.05, 0.1) is 23.9 Å². The number of alkyl halides is 6. The highest BCUT2D eigenvalue weighted by atomic mass is 32.2. The van der Waals surface area contributed by atoms with Gasteiger partial charge in [0.1, 0.15) is 11.5 Å². The van der Waals surface area contributed by atoms with Gasteiger partial charge in [-0.3, -0.25) is 4.79 Å². The molecule has 0 fully saturated rings. The average Bonchev–Trinajstić information content (AvgIpc) is 3.05. The van der Waals surface area contributed by atoms with Crippen LogP contribution in [0.1, 0.15) is 22.6 Å². The Morgan fingerprint density at radius 2 is 1.61 bits per heavy atom. The molecular formula is C18H16F6N2O4S. The molecule has 0 aliphatic heterocycles. The van der Waals surface area contributed by atoms with E-state index < -0.39 is 45.1 Å². The summed E-state index contributed by atoms with van der Waals surface area (Å²) in [7, 11) is -2.12. The number of hydrogen-bond donors (Lipinski definition) is 1. The average molecular weight is 470 g/mol. The fourth-order valence-corrected chi connectivity index (χ4v) is 2.64. The molecule has 6 nitrogen and oxygen atoms in total. The number of halogens is 6. The minimum atomic E-state index is -5.04. The van der Waals surface area contributed by atoms with Gasteiger partial charge in [0.25, 0.3) is 0 Å². The van der Waals surface area contributed by atoms with Gasteiger partial charge in [0.2, 0.25) is 15.9 Å². The molecule has 0 aliphatic carbocycles. The number of rotatable bonds is 6. The second-order valence-electron chi connectivity index (χ2n) is 6.44. The van der Waals surface area contributed by atoms with Gasteiger partial charge in [-0.15, -0.1) is 0 Å². The highest BCUT2D eigenvalue weighted by molar-refractivity contribution is 7.88. The first kappa shape index (κ1) is 24.5. The van der Waals surface area contributed by atoms with Crippen molar-refractivity contribution in [3.63, 3.8) is 0 Å². The van der Waals surface area contributed by atoms with E-state index in [2.05, 4.69) is 0 Å². The summed E-state index contributed by atoms with van der Waals surface area (Å²) >= 11 is 0. The van der Waals surface area contributed by atoms with Gasteiger partial charge >= 0.3 is 12.4 Å². The van der Waals surface area contributed by atoms with E-state index in [0.717, 1.165) is 22.7 Å². The Kier molecular flexibility index (Phi) is 6.90. The highest BCUT2D eigenvalue weighted by Crippen LogP contribution is 2.37. The number of anilines is 1. The van der Waals surface area contributed by atoms with Crippen LogP contribution in [0, 0.1) is 0 Å². The Bertz CT molecular complexity index is 1050. The van der Waals surface area contributed by atoms with Crippen LogP contribution in [0.3, 0.4) is 0 Å². The van der Waals surface area contributed by atoms with Crippen molar-refractivity contribution < 1.29 is 44.0 Å². The van der Waals surface area contributed by atoms with E-state index in [4.69, 9.17) is 4.42 Å². The number of carbonyl (C=O) groups excluding carboxylic acids is 1. The lowest BCUT2D eigenvalue weighted by molar-refractivity contribution is -0.143. The molecule has 0 aliphatic rings. The summed E-state index contributed by atoms with van der Waals surface area (Å²) in [6.45, 7) is -0.0800. The summed E-state index contributed by atoms with van der Waals surface area (Å²) in [4.78, 5) is 11.9. The van der Waals surface area contributed by atoms with E-state index in [0.29, 0.717) is 12.1 Å². The topological polar surface area (TPSA) is 79.6 Å². The van der Waals surface area contributed by atoms with Crippen molar-refractivity contribution in [1.29, 1.82) is 0 Å². The molecule has 0 saturated carbocycles. The van der Waals surface area contributed by atoms with Gasteiger partial charge in [0, 0.05) is 18.8 Å². The first-order valence-corrected chi connectivity index (χ1v) is 10.2. The van der Waals surface area contributed by atoms with E-state index in [-0.39, 0.29) is 24.1 Å². The minimum Gasteiger partial charge on any atom is -0.460 e. The van der Waals surface area contributed by atoms with E-state index in [1.807, 2.05) is 5.32 Å². The number of amides is 1. The van der Waals surface area contributed by atoms with Gasteiger partial charge in [-0.25, -0.2) is 8.42 Å². The lowest BCUT2D eigenvalue weighted by Crippen LogP contribution is -2.24. The highest BCUT2D eigenvalue weighted by Gasteiger charge is 2.37. The quantitative estimate of drug-likeness (QED) is 0.503. The van der Waals surface area contributed by atoms with Crippen molar-refractivity contribution in [1.82, 2.24) is 4.31 Å². The SMILES string of the molecule is CN(Cc1ccc(/C=C/C(=O)Nc2cc(C(F)(F)F)cc(C(F)(F)F)c2)o1)S(C)(=O)=O. The zero-order valence-electron chi connectivity index (χ0n) is 16.0. The second-order valence-corrected chi connectivity index (χ2v) is 8.53. The van der Waals surface area contributed by atoms with Crippen LogP contribution in [0.25, 0.3) is 6.08 Å². The zero-order chi connectivity index (χ0) is 23.6. The largest absolute Gasteiger partial charge is 0.460 e. The Labute approximate surface area is 173 Å². The molecule has 1 aromatic carbocycles. The third-order valence-corrected chi connectivity index (χ3v) is 5.14. The molecule has 0 saturated heterocycles. The fourth-order valence-electron chi connectivity index (χ4n) is 2.27. The maximum absolute atomic E-state index is 12.9. The van der Waals surface area contributed by atoms with Gasteiger partial charge in [-0.2, -0.15) is 30.6 Å². The molecule has 1 heterocycles. The van der Waals surface area contributed by atoms with Gasteiger partial charge in [-0.1, -0.05) is 0 Å². The molecule has 0 bridgehead atoms. The molecule has 170 valence electrons. The third kappa shape index (κ3) is 7.14. The van der Waals surface area contributed by atoms with E-state index in [1.165, 1.54) is 19.2 Å². The number of nitrogens with zero attached hydrogens (tertiary/aromatic N) is 1. The lowest BCUT2D eigenvalue weighted by Gasteiger charge is -2.14. The summed E-state index contributed by atoms with van der Waals surface area (Å²) < 4.78 is 106. The summed E-state index contributed by atoms with van der Waals surface area (Å²) in [5.74, 6) is -0.633. The Morgan fingerprint density at radius 1 is 1.06 bits per heavy atom. The van der Waals surface area contributed by atoms with Gasteiger partial charge in [0.15, 0.2) is 0 Å². The number of hydrogen-bond acceptors (Lipinski definition) is 4. The van der Waals surface area contributed by atoms with Crippen LogP contribution in [0.4, 0.5) is 32.0 Å². The van der Waals surface area contributed by atoms with Gasteiger partial charge < -0.3 is 9.73 Å². The fraction of sp³-hybridized carbons (Fsp3) is 0.278. The first-order valence-electron chi connectivity index (χ1n) is 8.34. The van der Waals surface area contributed by atoms with Crippen molar-refractivity contribution in [3.8, 4) is 0 Å². The zero-order valence-corrected chi connectivity index (χ0v) is 16.8. The molecule has 2 rings (SSSR count). The second kappa shape index (κ2) is 8.75. The predicted octanol–water partition coefficient (Wildman–Crippen LogP) is 4.36. The Balaban J connectivity index is 2.15. The van der Waals surface area contributed by atoms with Crippen LogP contribution in [0.2, 0.25) is 0 Å². The Morgan fingerprint density at radius 3 is 2.10 bits per heavy atom. The summed E-state index contributed by atoms with van der Waals surface area (Å²) in [5, 5.41) is 1.94. The normalized spacial score (nSPS) is 13.2. The maximum Gasteiger partial charge on any atom is 0.416 e. The van der Waals surface area contributed by atoms with E-state index in [9.17, 15) is 39.6 Å². The van der Waals surface area contributed by atoms with Crippen molar-refractivity contribution in [2.45, 2.75) is 18.9 Å². The Hall–Kier alpha value is -2.80. The van der Waals surface area contributed by atoms with Crippen LogP contribution in [-0.4, -0.2) is 31.9 Å². The van der Waals surface area contributed by atoms with Crippen molar-refractivity contribution in [2.24, 2.45) is 0 Å². The molecule has 0 spiro atoms. The van der Waals surface area contributed by atoms with Crippen molar-refractivity contribution in [2.75, 3.05) is 18.6 Å². The molecule has 31 heavy (non-hydrogen) atoms. The standard InChI is InChI=1S/C18H16F6N2O4S/c1-26(31(2,28)29)10-15-4-3-14(30-15)5-6-16(27)25-13-8-11(17(19,20)21)7-12(9-13)18(22,23)24/h3-9H,10H2,1-2H3,(H,25,27)/b6-5+. The predicted molar refractivity (Wildman–Crippen MR) is 99.1 cm³/mol. The molecule has 2 aromatic rings. The van der Waals surface area contributed by atoms with Crippen molar-refractivity contribution in [3.05, 3.63) is 59.1 Å². The van der Waals surface area contributed by atoms with E-state index in [1.54, 1.807) is 0 Å². The van der Waals surface area contributed by atoms with Crippen molar-refractivity contribution >= 4 is 27.7 Å². The number of nitrogens with one attached hydrogen (secondary N) is 1. The lowest BCUT2D eigenvalue weighted by atomic mass is 10.1. The smallest absolute Gasteiger partial charge is 0.416 e. The van der Waals surface area contributed by atoms with Crippen LogP contribution in [0.15, 0.2) is 40.8 Å². The van der Waals surface area contributed by atoms with Gasteiger partial charge in [-0.05, 0) is 36.4 Å². The molecule has 0 radical (unpaired) electrons. The van der Waals surface area contributed by atoms with Crippen LogP contribution in [0.5, 0.6) is 0 Å². The number of sulfonamides is 1. The molecule has 0 atom stereocenters. The van der Waals surface area contributed by atoms with Crippen LogP contribution in [-0.2, 0) is 33.7 Å². The molecule has 13 heteroatoms. The van der Waals surface area contributed by atoms with E-state index >= 15 is 0 Å². The van der Waals surface area contributed by atoms with Crippen LogP contribution < -0.4 is 5.32 Å². The third-order valence-electron chi connectivity index (χ3n) is 3.88. The number of benzene rings is 1. The number of carbonyl (C=O) groups is 1. The minimum absolute atomic E-state index is 0.0522. The van der Waals surface area contributed by atoms with Crippen LogP contribution >= 0.6 is 0 Å². The molecule has 1 N–H and O–H groups in total. The molecule has 0 unspecified atom stereocenters. The summed E-state index contributed by atoms with van der Waals surface area (Å²) in [6.07, 6.45) is -7.12. The summed E-state index contributed by atoms with van der Waals surface area (Å²) in [6, 6.07) is 3.56.